The first kappa shape index (κ1) is 22.0. The summed E-state index contributed by atoms with van der Waals surface area (Å²) in [6.45, 7) is 1.42. The monoisotopic (exact) mass is 438 g/mol. The Balaban J connectivity index is 1.42. The molecule has 8 heteroatoms. The van der Waals surface area contributed by atoms with Crippen LogP contribution in [0.15, 0.2) is 47.6 Å². The van der Waals surface area contributed by atoms with E-state index in [4.69, 9.17) is 0 Å². The second-order valence-electron chi connectivity index (χ2n) is 8.69. The van der Waals surface area contributed by atoms with Crippen LogP contribution >= 0.6 is 0 Å². The van der Waals surface area contributed by atoms with E-state index in [-0.39, 0.29) is 30.4 Å². The summed E-state index contributed by atoms with van der Waals surface area (Å²) >= 11 is 0. The SMILES string of the molecule is CN(C)C(=O)CN=C(NC1CCc2ccccc2C1)NC1CCN(c2ncccc2F)C1. The predicted octanol–water partition coefficient (Wildman–Crippen LogP) is 1.98. The van der Waals surface area contributed by atoms with Gasteiger partial charge in [0.25, 0.3) is 0 Å². The molecule has 1 amide bonds. The molecule has 2 aliphatic rings. The average molecular weight is 439 g/mol. The van der Waals surface area contributed by atoms with E-state index in [1.54, 1.807) is 31.3 Å². The Labute approximate surface area is 188 Å². The molecule has 2 N–H and O–H groups in total. The lowest BCUT2D eigenvalue weighted by atomic mass is 9.88. The van der Waals surface area contributed by atoms with Gasteiger partial charge in [-0.2, -0.15) is 0 Å². The minimum atomic E-state index is -0.308. The number of pyridine rings is 1. The molecule has 32 heavy (non-hydrogen) atoms. The van der Waals surface area contributed by atoms with Gasteiger partial charge in [-0.15, -0.1) is 0 Å². The number of nitrogens with zero attached hydrogens (tertiary/aromatic N) is 4. The maximum Gasteiger partial charge on any atom is 0.243 e. The largest absolute Gasteiger partial charge is 0.353 e. The minimum Gasteiger partial charge on any atom is -0.353 e. The molecule has 2 unspecified atom stereocenters. The second kappa shape index (κ2) is 9.97. The third-order valence-electron chi connectivity index (χ3n) is 6.13. The highest BCUT2D eigenvalue weighted by molar-refractivity contribution is 5.85. The molecule has 2 atom stereocenters. The Morgan fingerprint density at radius 3 is 2.72 bits per heavy atom. The van der Waals surface area contributed by atoms with Gasteiger partial charge >= 0.3 is 0 Å². The van der Waals surface area contributed by atoms with Gasteiger partial charge in [0.15, 0.2) is 17.6 Å². The standard InChI is InChI=1S/C24H31FN6O/c1-30(2)22(32)15-27-24(28-19-10-9-17-6-3-4-7-18(17)14-19)29-20-11-13-31(16-20)23-21(25)8-5-12-26-23/h3-8,12,19-20H,9-11,13-16H2,1-2H3,(H2,27,28,29). The van der Waals surface area contributed by atoms with Crippen LogP contribution in [0.3, 0.4) is 0 Å². The first-order chi connectivity index (χ1) is 15.5. The lowest BCUT2D eigenvalue weighted by molar-refractivity contribution is -0.127. The lowest BCUT2D eigenvalue weighted by Gasteiger charge is -2.28. The number of aryl methyl sites for hydroxylation is 1. The Hall–Kier alpha value is -3.16. The lowest BCUT2D eigenvalue weighted by Crippen LogP contribution is -2.50. The van der Waals surface area contributed by atoms with Crippen LogP contribution in [-0.2, 0) is 17.6 Å². The maximum absolute atomic E-state index is 14.1. The van der Waals surface area contributed by atoms with Crippen LogP contribution in [0.1, 0.15) is 24.0 Å². The zero-order valence-electron chi connectivity index (χ0n) is 18.7. The van der Waals surface area contributed by atoms with Crippen LogP contribution in [0.5, 0.6) is 0 Å². The molecule has 1 aromatic heterocycles. The van der Waals surface area contributed by atoms with E-state index in [1.165, 1.54) is 17.2 Å². The minimum absolute atomic E-state index is 0.0521. The van der Waals surface area contributed by atoms with Crippen molar-refractivity contribution < 1.29 is 9.18 Å². The number of nitrogens with one attached hydrogen (secondary N) is 2. The van der Waals surface area contributed by atoms with Crippen molar-refractivity contribution >= 4 is 17.7 Å². The van der Waals surface area contributed by atoms with Gasteiger partial charge in [-0.25, -0.2) is 14.4 Å². The summed E-state index contributed by atoms with van der Waals surface area (Å²) in [7, 11) is 3.46. The molecular weight excluding hydrogens is 407 g/mol. The number of aliphatic imine (C=N–C) groups is 1. The topological polar surface area (TPSA) is 72.9 Å². The molecular formula is C24H31FN6O. The van der Waals surface area contributed by atoms with Crippen molar-refractivity contribution in [3.63, 3.8) is 0 Å². The zero-order valence-corrected chi connectivity index (χ0v) is 18.7. The van der Waals surface area contributed by atoms with Crippen molar-refractivity contribution in [3.8, 4) is 0 Å². The summed E-state index contributed by atoms with van der Waals surface area (Å²) < 4.78 is 14.1. The third-order valence-corrected chi connectivity index (χ3v) is 6.13. The fraction of sp³-hybridized carbons (Fsp3) is 0.458. The molecule has 0 radical (unpaired) electrons. The van der Waals surface area contributed by atoms with E-state index >= 15 is 0 Å². The van der Waals surface area contributed by atoms with E-state index in [2.05, 4.69) is 44.9 Å². The summed E-state index contributed by atoms with van der Waals surface area (Å²) in [6, 6.07) is 11.9. The summed E-state index contributed by atoms with van der Waals surface area (Å²) in [5, 5.41) is 7.02. The number of halogens is 1. The first-order valence-electron chi connectivity index (χ1n) is 11.2. The van der Waals surface area contributed by atoms with Crippen molar-refractivity contribution in [2.45, 2.75) is 37.8 Å². The molecule has 2 aromatic rings. The molecule has 1 aromatic carbocycles. The van der Waals surface area contributed by atoms with Crippen LogP contribution in [-0.4, -0.2) is 67.6 Å². The molecule has 1 fully saturated rings. The van der Waals surface area contributed by atoms with Gasteiger partial charge in [-0.1, -0.05) is 24.3 Å². The van der Waals surface area contributed by atoms with Crippen molar-refractivity contribution in [3.05, 3.63) is 59.5 Å². The molecule has 7 nitrogen and oxygen atoms in total. The molecule has 0 spiro atoms. The van der Waals surface area contributed by atoms with E-state index < -0.39 is 0 Å². The number of carbonyl (C=O) groups excluding carboxylic acids is 1. The molecule has 170 valence electrons. The Kier molecular flexibility index (Phi) is 6.87. The smallest absolute Gasteiger partial charge is 0.243 e. The number of amides is 1. The van der Waals surface area contributed by atoms with E-state index in [1.807, 2.05) is 4.90 Å². The zero-order chi connectivity index (χ0) is 22.5. The van der Waals surface area contributed by atoms with Crippen molar-refractivity contribution in [1.29, 1.82) is 0 Å². The van der Waals surface area contributed by atoms with Gasteiger partial charge in [0.05, 0.1) is 0 Å². The highest BCUT2D eigenvalue weighted by Crippen LogP contribution is 2.22. The first-order valence-corrected chi connectivity index (χ1v) is 11.2. The highest BCUT2D eigenvalue weighted by atomic mass is 19.1. The number of rotatable bonds is 5. The summed E-state index contributed by atoms with van der Waals surface area (Å²) in [6.07, 6.45) is 5.41. The number of benzene rings is 1. The van der Waals surface area contributed by atoms with Gasteiger partial charge in [-0.3, -0.25) is 4.79 Å². The van der Waals surface area contributed by atoms with Gasteiger partial charge in [0.2, 0.25) is 5.91 Å². The van der Waals surface area contributed by atoms with Crippen molar-refractivity contribution in [1.82, 2.24) is 20.5 Å². The fourth-order valence-electron chi connectivity index (χ4n) is 4.31. The highest BCUT2D eigenvalue weighted by Gasteiger charge is 2.27. The van der Waals surface area contributed by atoms with Crippen LogP contribution in [0.4, 0.5) is 10.2 Å². The quantitative estimate of drug-likeness (QED) is 0.552. The van der Waals surface area contributed by atoms with Crippen molar-refractivity contribution in [2.24, 2.45) is 4.99 Å². The van der Waals surface area contributed by atoms with Crippen LogP contribution in [0.25, 0.3) is 0 Å². The molecule has 0 bridgehead atoms. The second-order valence-corrected chi connectivity index (χ2v) is 8.69. The summed E-state index contributed by atoms with van der Waals surface area (Å²) in [4.78, 5) is 24.4. The van der Waals surface area contributed by atoms with Gasteiger partial charge in [-0.05, 0) is 48.9 Å². The number of aromatic nitrogens is 1. The van der Waals surface area contributed by atoms with E-state index in [0.29, 0.717) is 24.9 Å². The summed E-state index contributed by atoms with van der Waals surface area (Å²) in [5.74, 6) is 0.661. The Bertz CT molecular complexity index is 978. The normalized spacial score (nSPS) is 20.6. The van der Waals surface area contributed by atoms with E-state index in [0.717, 1.165) is 25.7 Å². The molecule has 1 saturated heterocycles. The third kappa shape index (κ3) is 5.36. The van der Waals surface area contributed by atoms with Crippen LogP contribution in [0, 0.1) is 5.82 Å². The molecule has 0 saturated carbocycles. The van der Waals surface area contributed by atoms with Gasteiger partial charge < -0.3 is 20.4 Å². The van der Waals surface area contributed by atoms with Crippen LogP contribution in [0.2, 0.25) is 0 Å². The Morgan fingerprint density at radius 2 is 1.94 bits per heavy atom. The van der Waals surface area contributed by atoms with Gasteiger partial charge in [0, 0.05) is 45.5 Å². The molecule has 4 rings (SSSR count). The average Bonchev–Trinajstić information content (AvgIpc) is 3.25. The maximum atomic E-state index is 14.1. The number of hydrogen-bond donors (Lipinski definition) is 2. The number of carbonyl (C=O) groups is 1. The molecule has 1 aliphatic carbocycles. The molecule has 2 heterocycles. The number of likely N-dealkylation sites (N-methyl/N-ethyl adjacent to an activating group) is 1. The van der Waals surface area contributed by atoms with Crippen LogP contribution < -0.4 is 15.5 Å². The summed E-state index contributed by atoms with van der Waals surface area (Å²) in [5.41, 5.74) is 2.77. The van der Waals surface area contributed by atoms with Gasteiger partial charge in [0.1, 0.15) is 6.54 Å². The van der Waals surface area contributed by atoms with Crippen molar-refractivity contribution in [2.75, 3.05) is 38.6 Å². The van der Waals surface area contributed by atoms with E-state index in [9.17, 15) is 9.18 Å². The number of anilines is 1. The molecule has 1 aliphatic heterocycles. The number of hydrogen-bond acceptors (Lipinski definition) is 4. The fourth-order valence-corrected chi connectivity index (χ4v) is 4.31. The number of guanidine groups is 1. The number of fused-ring (bicyclic) bond motifs is 1. The Morgan fingerprint density at radius 1 is 1.16 bits per heavy atom. The predicted molar refractivity (Wildman–Crippen MR) is 124 cm³/mol.